The number of rotatable bonds is 4. The average Bonchev–Trinajstić information content (AvgIpc) is 3.15. The molecule has 4 rings (SSSR count). The molecule has 118 valence electrons. The van der Waals surface area contributed by atoms with E-state index >= 15 is 0 Å². The van der Waals surface area contributed by atoms with Crippen molar-refractivity contribution in [2.75, 3.05) is 4.72 Å². The molecule has 0 aliphatic carbocycles. The molecule has 0 saturated heterocycles. The van der Waals surface area contributed by atoms with Gasteiger partial charge in [-0.2, -0.15) is 11.3 Å². The molecule has 0 bridgehead atoms. The number of hydrogen-bond acceptors (Lipinski definition) is 4. The minimum atomic E-state index is 1.00. The molecule has 2 aromatic carbocycles. The maximum Gasteiger partial charge on any atom is 0.0947 e. The number of thiophene rings is 1. The summed E-state index contributed by atoms with van der Waals surface area (Å²) in [5, 5.41) is 5.46. The number of hydrogen-bond donors (Lipinski definition) is 1. The molecule has 0 unspecified atom stereocenters. The number of aromatic nitrogens is 1. The molecule has 1 N–H and O–H groups in total. The second kappa shape index (κ2) is 6.67. The fourth-order valence-corrected chi connectivity index (χ4v) is 3.97. The second-order valence-corrected chi connectivity index (χ2v) is 7.25. The molecular weight excluding hydrogens is 332 g/mol. The van der Waals surface area contributed by atoms with Crippen LogP contribution in [0, 0.1) is 6.92 Å². The molecule has 2 heterocycles. The smallest absolute Gasteiger partial charge is 0.0947 e. The van der Waals surface area contributed by atoms with Gasteiger partial charge in [0.15, 0.2) is 0 Å². The Labute approximate surface area is 149 Å². The molecule has 2 aromatic heterocycles. The molecule has 4 heteroatoms. The summed E-state index contributed by atoms with van der Waals surface area (Å²) in [6.45, 7) is 2.10. The quantitative estimate of drug-likeness (QED) is 0.432. The molecule has 0 fully saturated rings. The van der Waals surface area contributed by atoms with E-state index in [0.717, 1.165) is 11.2 Å². The van der Waals surface area contributed by atoms with Gasteiger partial charge in [0, 0.05) is 16.5 Å². The first-order valence-electron chi connectivity index (χ1n) is 7.71. The number of pyridine rings is 1. The van der Waals surface area contributed by atoms with Crippen molar-refractivity contribution in [3.8, 4) is 11.1 Å². The van der Waals surface area contributed by atoms with Crippen molar-refractivity contribution >= 4 is 39.9 Å². The molecule has 0 spiro atoms. The summed E-state index contributed by atoms with van der Waals surface area (Å²) >= 11 is 3.33. The first-order chi connectivity index (χ1) is 11.8. The van der Waals surface area contributed by atoms with Crippen molar-refractivity contribution < 1.29 is 0 Å². The van der Waals surface area contributed by atoms with E-state index in [0.29, 0.717) is 0 Å². The third-order valence-electron chi connectivity index (χ3n) is 3.90. The molecule has 4 aromatic rings. The van der Waals surface area contributed by atoms with Crippen LogP contribution in [0.4, 0.5) is 5.69 Å². The van der Waals surface area contributed by atoms with Crippen LogP contribution in [0.3, 0.4) is 0 Å². The lowest BCUT2D eigenvalue weighted by Gasteiger charge is -2.11. The zero-order valence-corrected chi connectivity index (χ0v) is 14.8. The van der Waals surface area contributed by atoms with E-state index in [1.165, 1.54) is 27.0 Å². The summed E-state index contributed by atoms with van der Waals surface area (Å²) in [5.41, 5.74) is 5.78. The van der Waals surface area contributed by atoms with Crippen LogP contribution in [-0.2, 0) is 0 Å². The topological polar surface area (TPSA) is 24.9 Å². The number of anilines is 1. The number of aryl methyl sites for hydroxylation is 1. The van der Waals surface area contributed by atoms with E-state index in [2.05, 4.69) is 75.9 Å². The van der Waals surface area contributed by atoms with Gasteiger partial charge in [0.1, 0.15) is 0 Å². The van der Waals surface area contributed by atoms with Gasteiger partial charge in [-0.25, -0.2) is 0 Å². The van der Waals surface area contributed by atoms with E-state index in [4.69, 9.17) is 0 Å². The highest BCUT2D eigenvalue weighted by molar-refractivity contribution is 8.00. The fourth-order valence-electron chi connectivity index (χ4n) is 2.64. The Morgan fingerprint density at radius 2 is 1.88 bits per heavy atom. The van der Waals surface area contributed by atoms with Crippen molar-refractivity contribution in [3.63, 3.8) is 0 Å². The van der Waals surface area contributed by atoms with Gasteiger partial charge in [-0.05, 0) is 71.1 Å². The lowest BCUT2D eigenvalue weighted by atomic mass is 10.0. The van der Waals surface area contributed by atoms with Gasteiger partial charge in [-0.15, -0.1) is 0 Å². The molecule has 0 saturated carbocycles. The molecule has 0 radical (unpaired) electrons. The third kappa shape index (κ3) is 3.03. The number of fused-ring (bicyclic) bond motifs is 1. The molecule has 0 atom stereocenters. The number of benzene rings is 2. The van der Waals surface area contributed by atoms with Crippen LogP contribution in [0.25, 0.3) is 22.0 Å². The van der Waals surface area contributed by atoms with Crippen molar-refractivity contribution in [2.24, 2.45) is 0 Å². The highest BCUT2D eigenvalue weighted by atomic mass is 32.2. The Morgan fingerprint density at radius 3 is 2.67 bits per heavy atom. The number of nitrogens with zero attached hydrogens (tertiary/aromatic N) is 1. The maximum atomic E-state index is 4.61. The van der Waals surface area contributed by atoms with Crippen LogP contribution >= 0.6 is 23.3 Å². The van der Waals surface area contributed by atoms with Gasteiger partial charge >= 0.3 is 0 Å². The number of nitrogens with one attached hydrogen (secondary N) is 1. The summed E-state index contributed by atoms with van der Waals surface area (Å²) in [4.78, 5) is 5.79. The summed E-state index contributed by atoms with van der Waals surface area (Å²) in [5.74, 6) is 0. The first-order valence-corrected chi connectivity index (χ1v) is 9.47. The largest absolute Gasteiger partial charge is 0.324 e. The van der Waals surface area contributed by atoms with Gasteiger partial charge in [0.25, 0.3) is 0 Å². The zero-order chi connectivity index (χ0) is 16.4. The normalized spacial score (nSPS) is 10.9. The van der Waals surface area contributed by atoms with Crippen molar-refractivity contribution in [1.82, 2.24) is 4.98 Å². The van der Waals surface area contributed by atoms with Crippen LogP contribution in [-0.4, -0.2) is 4.98 Å². The predicted molar refractivity (Wildman–Crippen MR) is 106 cm³/mol. The lowest BCUT2D eigenvalue weighted by molar-refractivity contribution is 1.38. The Morgan fingerprint density at radius 1 is 1.00 bits per heavy atom. The van der Waals surface area contributed by atoms with E-state index in [9.17, 15) is 0 Å². The van der Waals surface area contributed by atoms with E-state index < -0.39 is 0 Å². The predicted octanol–water partition coefficient (Wildman–Crippen LogP) is 6.39. The Balaban J connectivity index is 1.69. The van der Waals surface area contributed by atoms with Gasteiger partial charge in [-0.1, -0.05) is 29.8 Å². The SMILES string of the molecule is Cc1ccc(SNc2ccc(-c3ccsc3)c3cccnc23)cc1. The molecular formula is C20H16N2S2. The molecule has 0 aliphatic rings. The monoisotopic (exact) mass is 348 g/mol. The van der Waals surface area contributed by atoms with E-state index in [1.807, 2.05) is 12.3 Å². The molecule has 24 heavy (non-hydrogen) atoms. The minimum Gasteiger partial charge on any atom is -0.324 e. The van der Waals surface area contributed by atoms with Crippen LogP contribution < -0.4 is 4.72 Å². The maximum absolute atomic E-state index is 4.61. The minimum absolute atomic E-state index is 1.00. The van der Waals surface area contributed by atoms with Crippen molar-refractivity contribution in [2.45, 2.75) is 11.8 Å². The summed E-state index contributed by atoms with van der Waals surface area (Å²) in [7, 11) is 0. The Hall–Kier alpha value is -2.30. The van der Waals surface area contributed by atoms with Crippen molar-refractivity contribution in [1.29, 1.82) is 0 Å². The standard InChI is InChI=1S/C20H16N2S2/c1-14-4-6-16(7-5-14)24-22-19-9-8-17(15-10-12-23-13-15)18-3-2-11-21-20(18)19/h2-13,22H,1H3. The zero-order valence-electron chi connectivity index (χ0n) is 13.2. The molecule has 0 aliphatic heterocycles. The van der Waals surface area contributed by atoms with Gasteiger partial charge in [-0.3, -0.25) is 4.98 Å². The highest BCUT2D eigenvalue weighted by Gasteiger charge is 2.09. The molecule has 2 nitrogen and oxygen atoms in total. The van der Waals surface area contributed by atoms with Gasteiger partial charge in [0.05, 0.1) is 11.2 Å². The summed E-state index contributed by atoms with van der Waals surface area (Å²) in [6.07, 6.45) is 1.85. The Bertz CT molecular complexity index is 961. The molecule has 0 amide bonds. The van der Waals surface area contributed by atoms with Gasteiger partial charge in [0.2, 0.25) is 0 Å². The fraction of sp³-hybridized carbons (Fsp3) is 0.0500. The van der Waals surface area contributed by atoms with E-state index in [-0.39, 0.29) is 0 Å². The van der Waals surface area contributed by atoms with Gasteiger partial charge < -0.3 is 4.72 Å². The average molecular weight is 348 g/mol. The Kier molecular flexibility index (Phi) is 4.24. The highest BCUT2D eigenvalue weighted by Crippen LogP contribution is 2.34. The van der Waals surface area contributed by atoms with Crippen LogP contribution in [0.2, 0.25) is 0 Å². The van der Waals surface area contributed by atoms with Crippen LogP contribution in [0.5, 0.6) is 0 Å². The van der Waals surface area contributed by atoms with Crippen LogP contribution in [0.15, 0.2) is 76.4 Å². The first kappa shape index (κ1) is 15.2. The third-order valence-corrected chi connectivity index (χ3v) is 5.41. The lowest BCUT2D eigenvalue weighted by Crippen LogP contribution is -1.92. The summed E-state index contributed by atoms with van der Waals surface area (Å²) < 4.78 is 3.45. The second-order valence-electron chi connectivity index (χ2n) is 5.59. The summed E-state index contributed by atoms with van der Waals surface area (Å²) in [6, 6.07) is 19.1. The van der Waals surface area contributed by atoms with E-state index in [1.54, 1.807) is 23.3 Å². The van der Waals surface area contributed by atoms with Crippen LogP contribution in [0.1, 0.15) is 5.56 Å². The van der Waals surface area contributed by atoms with Crippen molar-refractivity contribution in [3.05, 3.63) is 77.1 Å².